The van der Waals surface area contributed by atoms with E-state index in [0.717, 1.165) is 24.3 Å². The van der Waals surface area contributed by atoms with Crippen molar-refractivity contribution < 1.29 is 14.8 Å². The third-order valence-corrected chi connectivity index (χ3v) is 5.86. The van der Waals surface area contributed by atoms with Crippen molar-refractivity contribution in [1.82, 2.24) is 0 Å². The van der Waals surface area contributed by atoms with E-state index in [-0.39, 0.29) is 29.3 Å². The van der Waals surface area contributed by atoms with Crippen LogP contribution in [-0.4, -0.2) is 16.6 Å². The van der Waals surface area contributed by atoms with E-state index in [2.05, 4.69) is 37.4 Å². The molecule has 1 aliphatic carbocycles. The van der Waals surface area contributed by atoms with Crippen molar-refractivity contribution in [1.29, 1.82) is 0 Å². The van der Waals surface area contributed by atoms with E-state index < -0.39 is 4.92 Å². The number of nitrogens with one attached hydrogen (secondary N) is 1. The van der Waals surface area contributed by atoms with E-state index in [4.69, 9.17) is 4.74 Å². The number of rotatable bonds is 6. The van der Waals surface area contributed by atoms with E-state index in [9.17, 15) is 15.2 Å². The number of non-ortho nitro benzene ring substituents is 1. The van der Waals surface area contributed by atoms with Crippen LogP contribution in [0.15, 0.2) is 48.6 Å². The molecule has 0 saturated carbocycles. The smallest absolute Gasteiger partial charge is 0.270 e. The Bertz CT molecular complexity index is 954. The van der Waals surface area contributed by atoms with Crippen molar-refractivity contribution in [3.8, 4) is 11.5 Å². The summed E-state index contributed by atoms with van der Waals surface area (Å²) in [5.74, 6) is 1.91. The Labute approximate surface area is 170 Å². The maximum absolute atomic E-state index is 11.2. The summed E-state index contributed by atoms with van der Waals surface area (Å²) in [6.45, 7) is 5.05. The van der Waals surface area contributed by atoms with Crippen molar-refractivity contribution in [2.45, 2.75) is 38.6 Å². The molecule has 2 aromatic rings. The summed E-state index contributed by atoms with van der Waals surface area (Å²) in [7, 11) is 0. The molecule has 6 nitrogen and oxygen atoms in total. The second kappa shape index (κ2) is 7.78. The molecule has 3 unspecified atom stereocenters. The minimum absolute atomic E-state index is 0.0122. The van der Waals surface area contributed by atoms with E-state index >= 15 is 0 Å². The molecule has 2 aromatic carbocycles. The number of anilines is 1. The third-order valence-electron chi connectivity index (χ3n) is 5.86. The second-order valence-electron chi connectivity index (χ2n) is 8.26. The van der Waals surface area contributed by atoms with Gasteiger partial charge in [-0.1, -0.05) is 26.0 Å². The number of hydrogen-bond acceptors (Lipinski definition) is 5. The highest BCUT2D eigenvalue weighted by Gasteiger charge is 2.39. The van der Waals surface area contributed by atoms with Crippen LogP contribution in [0.1, 0.15) is 49.8 Å². The van der Waals surface area contributed by atoms with Crippen LogP contribution in [-0.2, 0) is 0 Å². The third kappa shape index (κ3) is 3.79. The molecule has 0 radical (unpaired) electrons. The fourth-order valence-electron chi connectivity index (χ4n) is 4.29. The molecule has 1 aliphatic heterocycles. The van der Waals surface area contributed by atoms with E-state index in [1.54, 1.807) is 0 Å². The van der Waals surface area contributed by atoms with Crippen LogP contribution in [0.4, 0.5) is 11.4 Å². The molecular formula is C23H26N2O4. The second-order valence-corrected chi connectivity index (χ2v) is 8.26. The quantitative estimate of drug-likeness (QED) is 0.381. The van der Waals surface area contributed by atoms with Gasteiger partial charge in [0.2, 0.25) is 0 Å². The number of phenols is 1. The lowest BCUT2D eigenvalue weighted by Gasteiger charge is -2.37. The Morgan fingerprint density at radius 2 is 2.07 bits per heavy atom. The maximum atomic E-state index is 11.2. The van der Waals surface area contributed by atoms with Gasteiger partial charge in [-0.25, -0.2) is 0 Å². The largest absolute Gasteiger partial charge is 0.508 e. The molecule has 1 heterocycles. The molecule has 2 aliphatic rings. The van der Waals surface area contributed by atoms with E-state index in [1.807, 2.05) is 12.1 Å². The standard InChI is InChI=1S/C23H26N2O4/c1-14(2)10-11-29-16-7-8-21-19(13-16)17-4-3-5-18(17)23(24-21)20-12-15(25(27)28)6-9-22(20)26/h3-4,6-9,12-14,17-18,23-24,26H,5,10-11H2,1-2H3. The van der Waals surface area contributed by atoms with Crippen molar-refractivity contribution >= 4 is 11.4 Å². The minimum atomic E-state index is -0.426. The topological polar surface area (TPSA) is 84.6 Å². The first kappa shape index (κ1) is 19.3. The number of fused-ring (bicyclic) bond motifs is 3. The van der Waals surface area contributed by atoms with E-state index in [1.165, 1.54) is 23.8 Å². The van der Waals surface area contributed by atoms with Gasteiger partial charge in [0.1, 0.15) is 11.5 Å². The normalized spacial score (nSPS) is 22.1. The molecule has 0 saturated heterocycles. The zero-order valence-electron chi connectivity index (χ0n) is 16.7. The fraction of sp³-hybridized carbons (Fsp3) is 0.391. The number of nitro groups is 1. The van der Waals surface area contributed by atoms with Crippen LogP contribution < -0.4 is 10.1 Å². The molecule has 0 aromatic heterocycles. The van der Waals surface area contributed by atoms with Crippen LogP contribution in [0.25, 0.3) is 0 Å². The summed E-state index contributed by atoms with van der Waals surface area (Å²) in [6, 6.07) is 10.1. The zero-order valence-corrected chi connectivity index (χ0v) is 16.7. The summed E-state index contributed by atoms with van der Waals surface area (Å²) in [6.07, 6.45) is 6.21. The molecule has 0 fully saturated rings. The molecule has 4 rings (SSSR count). The number of nitrogens with zero attached hydrogens (tertiary/aromatic N) is 1. The van der Waals surface area contributed by atoms with Crippen molar-refractivity contribution in [3.05, 3.63) is 69.8 Å². The van der Waals surface area contributed by atoms with Gasteiger partial charge in [0.05, 0.1) is 17.6 Å². The lowest BCUT2D eigenvalue weighted by molar-refractivity contribution is -0.385. The van der Waals surface area contributed by atoms with Gasteiger partial charge in [-0.3, -0.25) is 10.1 Å². The van der Waals surface area contributed by atoms with Gasteiger partial charge < -0.3 is 15.2 Å². The summed E-state index contributed by atoms with van der Waals surface area (Å²) in [4.78, 5) is 10.8. The van der Waals surface area contributed by atoms with Gasteiger partial charge in [0.25, 0.3) is 5.69 Å². The monoisotopic (exact) mass is 394 g/mol. The SMILES string of the molecule is CC(C)CCOc1ccc2c(c1)C1C=CCC1C(c1cc([N+](=O)[O-])ccc1O)N2. The van der Waals surface area contributed by atoms with Gasteiger partial charge in [0, 0.05) is 29.3 Å². The van der Waals surface area contributed by atoms with Crippen molar-refractivity contribution in [2.75, 3.05) is 11.9 Å². The van der Waals surface area contributed by atoms with Crippen LogP contribution in [0, 0.1) is 22.0 Å². The minimum Gasteiger partial charge on any atom is -0.508 e. The first-order chi connectivity index (χ1) is 13.9. The molecule has 2 N–H and O–H groups in total. The molecule has 3 atom stereocenters. The number of ether oxygens (including phenoxy) is 1. The Morgan fingerprint density at radius 1 is 1.24 bits per heavy atom. The van der Waals surface area contributed by atoms with Gasteiger partial charge in [-0.2, -0.15) is 0 Å². The lowest BCUT2D eigenvalue weighted by atomic mass is 9.76. The van der Waals surface area contributed by atoms with Gasteiger partial charge in [-0.15, -0.1) is 0 Å². The van der Waals surface area contributed by atoms with Crippen molar-refractivity contribution in [2.24, 2.45) is 11.8 Å². The molecule has 152 valence electrons. The van der Waals surface area contributed by atoms with Gasteiger partial charge in [-0.05, 0) is 54.5 Å². The Balaban J connectivity index is 1.65. The molecule has 0 amide bonds. The predicted octanol–water partition coefficient (Wildman–Crippen LogP) is 5.55. The van der Waals surface area contributed by atoms with Crippen molar-refractivity contribution in [3.63, 3.8) is 0 Å². The molecular weight excluding hydrogens is 368 g/mol. The number of allylic oxidation sites excluding steroid dienone is 2. The summed E-state index contributed by atoms with van der Waals surface area (Å²) >= 11 is 0. The number of nitro benzene ring substituents is 1. The fourth-order valence-corrected chi connectivity index (χ4v) is 4.29. The highest BCUT2D eigenvalue weighted by atomic mass is 16.6. The highest BCUT2D eigenvalue weighted by Crippen LogP contribution is 2.52. The maximum Gasteiger partial charge on any atom is 0.270 e. The predicted molar refractivity (Wildman–Crippen MR) is 113 cm³/mol. The first-order valence-electron chi connectivity index (χ1n) is 10.1. The average Bonchev–Trinajstić information content (AvgIpc) is 3.18. The Morgan fingerprint density at radius 3 is 2.83 bits per heavy atom. The first-order valence-corrected chi connectivity index (χ1v) is 10.1. The van der Waals surface area contributed by atoms with Crippen LogP contribution in [0.2, 0.25) is 0 Å². The lowest BCUT2D eigenvalue weighted by Crippen LogP contribution is -2.29. The summed E-state index contributed by atoms with van der Waals surface area (Å²) < 4.78 is 5.94. The van der Waals surface area contributed by atoms with Crippen LogP contribution in [0.3, 0.4) is 0 Å². The number of phenolic OH excluding ortho intramolecular Hbond substituents is 1. The molecule has 0 spiro atoms. The molecule has 6 heteroatoms. The summed E-state index contributed by atoms with van der Waals surface area (Å²) in [5.41, 5.74) is 2.71. The number of hydrogen-bond donors (Lipinski definition) is 2. The summed E-state index contributed by atoms with van der Waals surface area (Å²) in [5, 5.41) is 25.2. The number of benzene rings is 2. The highest BCUT2D eigenvalue weighted by molar-refractivity contribution is 5.63. The average molecular weight is 394 g/mol. The van der Waals surface area contributed by atoms with Crippen LogP contribution >= 0.6 is 0 Å². The Kier molecular flexibility index (Phi) is 5.18. The number of aromatic hydroxyl groups is 1. The van der Waals surface area contributed by atoms with Gasteiger partial charge >= 0.3 is 0 Å². The van der Waals surface area contributed by atoms with E-state index in [0.29, 0.717) is 18.1 Å². The van der Waals surface area contributed by atoms with Gasteiger partial charge in [0.15, 0.2) is 0 Å². The molecule has 29 heavy (non-hydrogen) atoms. The molecule has 0 bridgehead atoms. The Hall–Kier alpha value is -3.02. The van der Waals surface area contributed by atoms with Crippen LogP contribution in [0.5, 0.6) is 11.5 Å². The zero-order chi connectivity index (χ0) is 20.5.